The monoisotopic (exact) mass is 861 g/mol. The fourth-order valence-electron chi connectivity index (χ4n) is 5.58. The number of carbonyl (C=O) groups is 2. The second-order valence-electron chi connectivity index (χ2n) is 14.7. The summed E-state index contributed by atoms with van der Waals surface area (Å²) < 4.78 is 38.4. The number of esters is 2. The first-order valence-electron chi connectivity index (χ1n) is 22.3. The second-order valence-corrected chi connectivity index (χ2v) is 16.2. The molecule has 0 radical (unpaired) electrons. The third-order valence-electron chi connectivity index (χ3n) is 9.12. The predicted molar refractivity (Wildman–Crippen MR) is 241 cm³/mol. The van der Waals surface area contributed by atoms with E-state index in [4.69, 9.17) is 23.8 Å². The fourth-order valence-corrected chi connectivity index (χ4v) is 6.37. The molecule has 3 N–H and O–H groups in total. The van der Waals surface area contributed by atoms with Gasteiger partial charge in [-0.3, -0.25) is 18.6 Å². The number of ether oxygens (including phenoxy) is 3. The van der Waals surface area contributed by atoms with E-state index in [1.165, 1.54) is 19.3 Å². The van der Waals surface area contributed by atoms with Crippen LogP contribution in [0, 0.1) is 0 Å². The quantitative estimate of drug-likeness (QED) is 0.0177. The summed E-state index contributed by atoms with van der Waals surface area (Å²) in [6.45, 7) is 2.10. The first kappa shape index (κ1) is 54.9. The standard InChI is InChI=1S/C48H77O11P/c1-3-5-7-9-11-13-14-15-16-17-18-19-20-21-22-24-26-28-34-38-48(52)58-44(42-57-60(53,54)56-40-43(50)39-49)41-55-47(51)37-33-30-29-32-36-46-45(59-46)35-31-27-25-23-12-10-8-6-4-2/h5,7,11-13,15-16,18-19,21-23,27,29,31-32,43-46,49-50H,3-4,6,8-10,14,17,20,24-26,28,30,33-42H2,1-2H3,(H,53,54)/b7-5-,13-11-,16-15-,19-18-,22-21-,23-12-,31-27-,32-29-/t43-,44+,45?,46?/m0/s1. The SMILES string of the molecule is CC/C=C\C/C=C\C/C=C\C/C=C\C/C=C\CCCCCC(=O)O[C@H](COC(=O)CCC/C=C\CC1OC1C/C=C\C/C=C\CCCCC)COP(=O)(O)OC[C@@H](O)CO. The van der Waals surface area contributed by atoms with Crippen molar-refractivity contribution < 1.29 is 52.5 Å². The third kappa shape index (κ3) is 35.6. The minimum absolute atomic E-state index is 0.124. The van der Waals surface area contributed by atoms with E-state index in [-0.39, 0.29) is 31.7 Å². The van der Waals surface area contributed by atoms with E-state index in [1.54, 1.807) is 0 Å². The number of unbranched alkanes of at least 4 members (excludes halogenated alkanes) is 7. The van der Waals surface area contributed by atoms with Gasteiger partial charge < -0.3 is 29.3 Å². The second kappa shape index (κ2) is 38.7. The van der Waals surface area contributed by atoms with Gasteiger partial charge in [0.25, 0.3) is 0 Å². The molecule has 0 aliphatic carbocycles. The Balaban J connectivity index is 2.33. The van der Waals surface area contributed by atoms with E-state index in [1.807, 2.05) is 6.08 Å². The summed E-state index contributed by atoms with van der Waals surface area (Å²) in [6.07, 6.45) is 49.7. The minimum atomic E-state index is -4.65. The smallest absolute Gasteiger partial charge is 0.462 e. The lowest BCUT2D eigenvalue weighted by atomic mass is 10.1. The molecule has 0 aromatic rings. The van der Waals surface area contributed by atoms with Crippen LogP contribution in [0.3, 0.4) is 0 Å². The van der Waals surface area contributed by atoms with Crippen molar-refractivity contribution in [3.63, 3.8) is 0 Å². The average molecular weight is 861 g/mol. The van der Waals surface area contributed by atoms with Gasteiger partial charge in [-0.1, -0.05) is 130 Å². The van der Waals surface area contributed by atoms with Gasteiger partial charge in [-0.15, -0.1) is 0 Å². The van der Waals surface area contributed by atoms with Gasteiger partial charge in [0.15, 0.2) is 6.10 Å². The van der Waals surface area contributed by atoms with Crippen LogP contribution in [0.4, 0.5) is 0 Å². The van der Waals surface area contributed by atoms with Gasteiger partial charge in [0, 0.05) is 12.8 Å². The number of allylic oxidation sites excluding steroid dienone is 14. The van der Waals surface area contributed by atoms with E-state index in [0.29, 0.717) is 19.3 Å². The van der Waals surface area contributed by atoms with Crippen LogP contribution in [0.15, 0.2) is 97.2 Å². The van der Waals surface area contributed by atoms with Crippen LogP contribution >= 0.6 is 7.82 Å². The molecule has 340 valence electrons. The molecule has 12 heteroatoms. The van der Waals surface area contributed by atoms with E-state index in [2.05, 4.69) is 110 Å². The molecule has 0 spiro atoms. The summed E-state index contributed by atoms with van der Waals surface area (Å²) in [4.78, 5) is 35.1. The molecule has 1 fully saturated rings. The number of epoxide rings is 1. The third-order valence-corrected chi connectivity index (χ3v) is 10.1. The van der Waals surface area contributed by atoms with Gasteiger partial charge in [-0.05, 0) is 96.3 Å². The largest absolute Gasteiger partial charge is 0.472 e. The van der Waals surface area contributed by atoms with Crippen molar-refractivity contribution in [1.29, 1.82) is 0 Å². The predicted octanol–water partition coefficient (Wildman–Crippen LogP) is 11.0. The van der Waals surface area contributed by atoms with Gasteiger partial charge in [-0.2, -0.15) is 0 Å². The summed E-state index contributed by atoms with van der Waals surface area (Å²) in [5.74, 6) is -1.05. The van der Waals surface area contributed by atoms with Crippen molar-refractivity contribution >= 4 is 19.8 Å². The summed E-state index contributed by atoms with van der Waals surface area (Å²) in [5, 5.41) is 18.4. The average Bonchev–Trinajstić information content (AvgIpc) is 4.00. The number of hydrogen-bond donors (Lipinski definition) is 3. The maximum atomic E-state index is 12.6. The van der Waals surface area contributed by atoms with Gasteiger partial charge in [0.1, 0.15) is 12.7 Å². The van der Waals surface area contributed by atoms with Crippen LogP contribution in [0.25, 0.3) is 0 Å². The zero-order valence-corrected chi connectivity index (χ0v) is 37.5. The summed E-state index contributed by atoms with van der Waals surface area (Å²) in [7, 11) is -4.65. The van der Waals surface area contributed by atoms with Crippen LogP contribution in [0.1, 0.15) is 142 Å². The molecule has 1 aliphatic heterocycles. The Hall–Kier alpha value is -3.15. The highest BCUT2D eigenvalue weighted by Crippen LogP contribution is 2.43. The summed E-state index contributed by atoms with van der Waals surface area (Å²) in [6, 6.07) is 0. The maximum absolute atomic E-state index is 12.6. The highest BCUT2D eigenvalue weighted by molar-refractivity contribution is 7.47. The molecule has 1 saturated heterocycles. The van der Waals surface area contributed by atoms with E-state index < -0.39 is 51.8 Å². The van der Waals surface area contributed by atoms with E-state index in [9.17, 15) is 24.2 Å². The lowest BCUT2D eigenvalue weighted by Crippen LogP contribution is -2.29. The fraction of sp³-hybridized carbons (Fsp3) is 0.625. The first-order valence-corrected chi connectivity index (χ1v) is 23.8. The molecule has 0 amide bonds. The van der Waals surface area contributed by atoms with E-state index in [0.717, 1.165) is 77.0 Å². The maximum Gasteiger partial charge on any atom is 0.472 e. The van der Waals surface area contributed by atoms with Crippen molar-refractivity contribution in [2.45, 2.75) is 167 Å². The number of carbonyl (C=O) groups excluding carboxylic acids is 2. The van der Waals surface area contributed by atoms with Gasteiger partial charge >= 0.3 is 19.8 Å². The summed E-state index contributed by atoms with van der Waals surface area (Å²) >= 11 is 0. The number of phosphoric acid groups is 1. The molecule has 1 rings (SSSR count). The van der Waals surface area contributed by atoms with Crippen LogP contribution in [-0.4, -0.2) is 77.9 Å². The molecule has 60 heavy (non-hydrogen) atoms. The Morgan fingerprint density at radius 3 is 1.67 bits per heavy atom. The van der Waals surface area contributed by atoms with Gasteiger partial charge in [0.2, 0.25) is 0 Å². The number of phosphoric ester groups is 1. The molecule has 0 saturated carbocycles. The molecule has 0 aromatic heterocycles. The number of aliphatic hydroxyl groups is 2. The Kier molecular flexibility index (Phi) is 35.4. The Morgan fingerprint density at radius 1 is 0.600 bits per heavy atom. The molecular weight excluding hydrogens is 783 g/mol. The number of rotatable bonds is 39. The molecule has 1 heterocycles. The van der Waals surface area contributed by atoms with Crippen molar-refractivity contribution in [1.82, 2.24) is 0 Å². The van der Waals surface area contributed by atoms with Crippen molar-refractivity contribution in [3.8, 4) is 0 Å². The highest BCUT2D eigenvalue weighted by Gasteiger charge is 2.36. The van der Waals surface area contributed by atoms with Crippen LogP contribution in [-0.2, 0) is 37.4 Å². The highest BCUT2D eigenvalue weighted by atomic mass is 31.2. The minimum Gasteiger partial charge on any atom is -0.462 e. The first-order chi connectivity index (χ1) is 29.2. The van der Waals surface area contributed by atoms with Crippen LogP contribution in [0.2, 0.25) is 0 Å². The van der Waals surface area contributed by atoms with Crippen molar-refractivity contribution in [3.05, 3.63) is 97.2 Å². The van der Waals surface area contributed by atoms with Gasteiger partial charge in [-0.25, -0.2) is 4.57 Å². The number of aliphatic hydroxyl groups excluding tert-OH is 2. The lowest BCUT2D eigenvalue weighted by Gasteiger charge is -2.20. The van der Waals surface area contributed by atoms with Crippen LogP contribution in [0.5, 0.6) is 0 Å². The molecule has 5 atom stereocenters. The summed E-state index contributed by atoms with van der Waals surface area (Å²) in [5.41, 5.74) is 0. The molecular formula is C48H77O11P. The van der Waals surface area contributed by atoms with Crippen molar-refractivity contribution in [2.75, 3.05) is 26.4 Å². The molecule has 11 nitrogen and oxygen atoms in total. The van der Waals surface area contributed by atoms with Crippen LogP contribution < -0.4 is 0 Å². The molecule has 0 bridgehead atoms. The topological polar surface area (TPSA) is 161 Å². The zero-order chi connectivity index (χ0) is 43.8. The van der Waals surface area contributed by atoms with E-state index >= 15 is 0 Å². The molecule has 3 unspecified atom stereocenters. The lowest BCUT2D eigenvalue weighted by molar-refractivity contribution is -0.161. The normalized spacial score (nSPS) is 18.1. The zero-order valence-electron chi connectivity index (χ0n) is 36.6. The number of hydrogen-bond acceptors (Lipinski definition) is 10. The Labute approximate surface area is 361 Å². The molecule has 1 aliphatic rings. The Morgan fingerprint density at radius 2 is 1.08 bits per heavy atom. The molecule has 0 aromatic carbocycles. The van der Waals surface area contributed by atoms with Crippen molar-refractivity contribution in [2.24, 2.45) is 0 Å². The van der Waals surface area contributed by atoms with Gasteiger partial charge in [0.05, 0.1) is 32.0 Å². The Bertz CT molecular complexity index is 1380.